The van der Waals surface area contributed by atoms with Crippen LogP contribution in [0.4, 0.5) is 10.5 Å². The number of aliphatic carboxylic acids is 1. The molecule has 1 fully saturated rings. The molecule has 0 radical (unpaired) electrons. The van der Waals surface area contributed by atoms with Crippen molar-refractivity contribution >= 4 is 23.5 Å². The molecule has 2 heterocycles. The van der Waals surface area contributed by atoms with Crippen LogP contribution in [-0.4, -0.2) is 48.1 Å². The number of ether oxygens (including phenoxy) is 2. The number of nitrogens with zero attached hydrogens (tertiary/aromatic N) is 2. The highest BCUT2D eigenvalue weighted by Crippen LogP contribution is 2.52. The van der Waals surface area contributed by atoms with Gasteiger partial charge in [-0.25, -0.2) is 9.59 Å². The van der Waals surface area contributed by atoms with Crippen LogP contribution in [0.25, 0.3) is 0 Å². The Bertz CT molecular complexity index is 1720. The fourth-order valence-corrected chi connectivity index (χ4v) is 6.00. The van der Waals surface area contributed by atoms with E-state index in [4.69, 9.17) is 13.9 Å². The molecule has 2 amide bonds. The number of hydrogen-bond acceptors (Lipinski definition) is 7. The molecule has 1 aromatic heterocycles. The van der Waals surface area contributed by atoms with Crippen LogP contribution in [0, 0.1) is 31.1 Å². The summed E-state index contributed by atoms with van der Waals surface area (Å²) in [6, 6.07) is 20.5. The van der Waals surface area contributed by atoms with Gasteiger partial charge in [-0.1, -0.05) is 24.3 Å². The molecule has 5 rings (SSSR count). The first-order valence-electron chi connectivity index (χ1n) is 13.9. The largest absolute Gasteiger partial charge is 0.497 e. The number of carbonyl (C=O) groups is 3. The number of furan rings is 1. The first-order chi connectivity index (χ1) is 21.2. The van der Waals surface area contributed by atoms with E-state index < -0.39 is 35.9 Å². The van der Waals surface area contributed by atoms with E-state index in [0.717, 1.165) is 0 Å². The van der Waals surface area contributed by atoms with Gasteiger partial charge in [0.15, 0.2) is 5.78 Å². The minimum absolute atomic E-state index is 0.311. The third kappa shape index (κ3) is 5.60. The van der Waals surface area contributed by atoms with Crippen LogP contribution < -0.4 is 14.8 Å². The summed E-state index contributed by atoms with van der Waals surface area (Å²) in [5.74, 6) is -1.56. The van der Waals surface area contributed by atoms with Crippen LogP contribution in [0.5, 0.6) is 11.5 Å². The van der Waals surface area contributed by atoms with E-state index in [1.165, 1.54) is 19.1 Å². The average molecular weight is 594 g/mol. The van der Waals surface area contributed by atoms with Crippen molar-refractivity contribution in [3.63, 3.8) is 0 Å². The fraction of sp³-hybridized carbons (Fsp3) is 0.235. The molecule has 3 aromatic carbocycles. The number of likely N-dealkylation sites (tertiary alicyclic amines) is 1. The van der Waals surface area contributed by atoms with Crippen molar-refractivity contribution < 1.29 is 33.4 Å². The van der Waals surface area contributed by atoms with Gasteiger partial charge in [0, 0.05) is 11.6 Å². The second-order valence-corrected chi connectivity index (χ2v) is 10.5. The second-order valence-electron chi connectivity index (χ2n) is 10.5. The normalized spacial score (nSPS) is 19.2. The van der Waals surface area contributed by atoms with Crippen LogP contribution in [0.15, 0.2) is 83.3 Å². The molecule has 0 aliphatic carbocycles. The number of carboxylic acid groups (broad SMARTS) is 1. The summed E-state index contributed by atoms with van der Waals surface area (Å²) < 4.78 is 16.2. The van der Waals surface area contributed by atoms with Crippen molar-refractivity contribution in [3.05, 3.63) is 113 Å². The molecule has 1 saturated heterocycles. The van der Waals surface area contributed by atoms with Crippen LogP contribution in [0.3, 0.4) is 0 Å². The molecule has 4 aromatic rings. The lowest BCUT2D eigenvalue weighted by Gasteiger charge is -2.30. The van der Waals surface area contributed by atoms with Gasteiger partial charge in [0.2, 0.25) is 0 Å². The van der Waals surface area contributed by atoms with E-state index in [-0.39, 0.29) is 5.78 Å². The minimum atomic E-state index is -1.44. The standard InChI is InChI=1S/C34H31N3O7/c1-19-17-27(20(2)44-19)32(38)29-28(22-9-13-25(42-3)14-10-22)31(33(39)40)37(30(29)23-7-5-21(18-35)6-8-23)34(41)36-24-11-15-26(43-4)16-12-24/h5-17,28-31H,1-4H3,(H,36,41)(H,39,40). The molecule has 4 atom stereocenters. The van der Waals surface area contributed by atoms with E-state index in [0.29, 0.717) is 51.0 Å². The number of nitriles is 1. The molecule has 0 bridgehead atoms. The molecule has 10 heteroatoms. The zero-order valence-electron chi connectivity index (χ0n) is 24.6. The Hall–Kier alpha value is -5.56. The lowest BCUT2D eigenvalue weighted by atomic mass is 9.76. The average Bonchev–Trinajstić information content (AvgIpc) is 3.58. The van der Waals surface area contributed by atoms with E-state index >= 15 is 0 Å². The van der Waals surface area contributed by atoms with Gasteiger partial charge in [-0.05, 0) is 79.6 Å². The number of urea groups is 1. The number of anilines is 1. The van der Waals surface area contributed by atoms with Crippen LogP contribution >= 0.6 is 0 Å². The molecule has 1 aliphatic heterocycles. The van der Waals surface area contributed by atoms with Gasteiger partial charge in [0.25, 0.3) is 0 Å². The Balaban J connectivity index is 1.72. The summed E-state index contributed by atoms with van der Waals surface area (Å²) in [5, 5.41) is 23.0. The molecule has 0 spiro atoms. The van der Waals surface area contributed by atoms with Crippen molar-refractivity contribution in [3.8, 4) is 17.6 Å². The lowest BCUT2D eigenvalue weighted by molar-refractivity contribution is -0.142. The number of nitrogens with one attached hydrogen (secondary N) is 1. The number of carboxylic acids is 1. The maximum atomic E-state index is 14.6. The zero-order valence-corrected chi connectivity index (χ0v) is 24.6. The quantitative estimate of drug-likeness (QED) is 0.233. The highest BCUT2D eigenvalue weighted by Gasteiger charge is 2.58. The highest BCUT2D eigenvalue weighted by atomic mass is 16.5. The van der Waals surface area contributed by atoms with E-state index in [2.05, 4.69) is 11.4 Å². The summed E-state index contributed by atoms with van der Waals surface area (Å²) in [6.45, 7) is 3.41. The predicted octanol–water partition coefficient (Wildman–Crippen LogP) is 6.11. The summed E-state index contributed by atoms with van der Waals surface area (Å²) in [6.07, 6.45) is 0. The second kappa shape index (κ2) is 12.4. The van der Waals surface area contributed by atoms with Crippen molar-refractivity contribution in [2.24, 2.45) is 5.92 Å². The number of benzene rings is 3. The highest BCUT2D eigenvalue weighted by molar-refractivity contribution is 6.03. The van der Waals surface area contributed by atoms with Crippen molar-refractivity contribution in [2.75, 3.05) is 19.5 Å². The Kier molecular flexibility index (Phi) is 8.40. The van der Waals surface area contributed by atoms with E-state index in [9.17, 15) is 24.8 Å². The Morgan fingerprint density at radius 3 is 1.95 bits per heavy atom. The third-order valence-corrected chi connectivity index (χ3v) is 7.99. The molecular weight excluding hydrogens is 562 g/mol. The Morgan fingerprint density at radius 1 is 0.886 bits per heavy atom. The first kappa shape index (κ1) is 29.9. The number of carbonyl (C=O) groups excluding carboxylic acids is 2. The first-order valence-corrected chi connectivity index (χ1v) is 13.9. The molecule has 4 unspecified atom stereocenters. The van der Waals surface area contributed by atoms with Crippen LogP contribution in [0.1, 0.15) is 50.5 Å². The van der Waals surface area contributed by atoms with Gasteiger partial charge >= 0.3 is 12.0 Å². The predicted molar refractivity (Wildman–Crippen MR) is 161 cm³/mol. The zero-order chi connectivity index (χ0) is 31.5. The maximum absolute atomic E-state index is 14.6. The SMILES string of the molecule is COc1ccc(NC(=O)N2C(C(=O)O)C(c3ccc(OC)cc3)C(C(=O)c3cc(C)oc3C)C2c2ccc(C#N)cc2)cc1. The van der Waals surface area contributed by atoms with Crippen molar-refractivity contribution in [1.29, 1.82) is 5.26 Å². The topological polar surface area (TPSA) is 142 Å². The number of Topliss-reactive ketones (excluding diaryl/α,β-unsaturated/α-hetero) is 1. The minimum Gasteiger partial charge on any atom is -0.497 e. The number of rotatable bonds is 8. The molecular formula is C34H31N3O7. The molecule has 224 valence electrons. The fourth-order valence-electron chi connectivity index (χ4n) is 6.00. The van der Waals surface area contributed by atoms with Crippen LogP contribution in [0.2, 0.25) is 0 Å². The van der Waals surface area contributed by atoms with Gasteiger partial charge in [-0.2, -0.15) is 5.26 Å². The van der Waals surface area contributed by atoms with E-state index in [1.54, 1.807) is 92.7 Å². The van der Waals surface area contributed by atoms with Gasteiger partial charge in [0.1, 0.15) is 29.1 Å². The number of amides is 2. The Labute approximate surface area is 254 Å². The third-order valence-electron chi connectivity index (χ3n) is 7.99. The molecule has 0 saturated carbocycles. The van der Waals surface area contributed by atoms with Gasteiger partial charge in [0.05, 0.1) is 43.4 Å². The lowest BCUT2D eigenvalue weighted by Crippen LogP contribution is -2.45. The molecule has 10 nitrogen and oxygen atoms in total. The maximum Gasteiger partial charge on any atom is 0.327 e. The van der Waals surface area contributed by atoms with Crippen molar-refractivity contribution in [2.45, 2.75) is 31.8 Å². The van der Waals surface area contributed by atoms with Gasteiger partial charge in [-0.15, -0.1) is 0 Å². The number of hydrogen-bond donors (Lipinski definition) is 2. The summed E-state index contributed by atoms with van der Waals surface area (Å²) in [7, 11) is 3.05. The van der Waals surface area contributed by atoms with Gasteiger partial charge in [-0.3, -0.25) is 4.79 Å². The number of ketones is 1. The monoisotopic (exact) mass is 593 g/mol. The smallest absolute Gasteiger partial charge is 0.327 e. The molecule has 2 N–H and O–H groups in total. The number of aryl methyl sites for hydroxylation is 2. The molecule has 1 aliphatic rings. The van der Waals surface area contributed by atoms with E-state index in [1.807, 2.05) is 0 Å². The summed E-state index contributed by atoms with van der Waals surface area (Å²) in [5.41, 5.74) is 2.16. The van der Waals surface area contributed by atoms with Crippen molar-refractivity contribution in [1.82, 2.24) is 4.90 Å². The van der Waals surface area contributed by atoms with Crippen LogP contribution in [-0.2, 0) is 4.79 Å². The number of methoxy groups -OCH3 is 2. The Morgan fingerprint density at radius 2 is 1.45 bits per heavy atom. The summed E-state index contributed by atoms with van der Waals surface area (Å²) in [4.78, 5) is 43.1. The van der Waals surface area contributed by atoms with Gasteiger partial charge < -0.3 is 29.2 Å². The molecule has 44 heavy (non-hydrogen) atoms. The summed E-state index contributed by atoms with van der Waals surface area (Å²) >= 11 is 0.